The largest absolute Gasteiger partial charge is 0.493 e. The number of amides is 2. The number of nitrogens with one attached hydrogen (secondary N) is 1. The van der Waals surface area contributed by atoms with Gasteiger partial charge in [0, 0.05) is 26.7 Å². The first-order valence-corrected chi connectivity index (χ1v) is 9.72. The number of hydrogen-bond donors (Lipinski definition) is 1. The fourth-order valence-corrected chi connectivity index (χ4v) is 3.20. The Morgan fingerprint density at radius 3 is 2.72 bits per heavy atom. The third kappa shape index (κ3) is 5.19. The Morgan fingerprint density at radius 1 is 1.14 bits per heavy atom. The average molecular weight is 396 g/mol. The molecule has 0 aliphatic rings. The number of carbonyl (C=O) groups is 1. The van der Waals surface area contributed by atoms with Gasteiger partial charge in [-0.1, -0.05) is 18.2 Å². The van der Waals surface area contributed by atoms with Crippen LogP contribution in [0.4, 0.5) is 4.79 Å². The number of aromatic nitrogens is 2. The molecule has 0 spiro atoms. The molecule has 3 aromatic rings. The predicted molar refractivity (Wildman–Crippen MR) is 114 cm³/mol. The van der Waals surface area contributed by atoms with E-state index in [-0.39, 0.29) is 6.03 Å². The number of rotatable bonds is 9. The SMILES string of the molecule is COc1ccc(CCN(C)C(=O)NCCCn2cnc3ccccc32)cc1OC. The lowest BCUT2D eigenvalue weighted by molar-refractivity contribution is 0.209. The molecule has 2 aromatic carbocycles. The van der Waals surface area contributed by atoms with Crippen LogP contribution in [-0.2, 0) is 13.0 Å². The molecule has 0 aliphatic heterocycles. The number of nitrogens with zero attached hydrogens (tertiary/aromatic N) is 3. The first-order chi connectivity index (χ1) is 14.1. The van der Waals surface area contributed by atoms with Crippen molar-refractivity contribution in [2.45, 2.75) is 19.4 Å². The minimum atomic E-state index is -0.0686. The third-order valence-corrected chi connectivity index (χ3v) is 4.91. The van der Waals surface area contributed by atoms with Crippen molar-refractivity contribution in [3.63, 3.8) is 0 Å². The van der Waals surface area contributed by atoms with Crippen molar-refractivity contribution in [2.75, 3.05) is 34.4 Å². The van der Waals surface area contributed by atoms with Gasteiger partial charge in [0.1, 0.15) is 0 Å². The lowest BCUT2D eigenvalue weighted by atomic mass is 10.1. The van der Waals surface area contributed by atoms with Crippen LogP contribution in [0.5, 0.6) is 11.5 Å². The van der Waals surface area contributed by atoms with Gasteiger partial charge in [-0.3, -0.25) is 0 Å². The number of methoxy groups -OCH3 is 2. The van der Waals surface area contributed by atoms with Gasteiger partial charge < -0.3 is 24.3 Å². The molecule has 7 heteroatoms. The van der Waals surface area contributed by atoms with Gasteiger partial charge in [-0.05, 0) is 42.7 Å². The summed E-state index contributed by atoms with van der Waals surface area (Å²) in [7, 11) is 5.04. The van der Waals surface area contributed by atoms with Gasteiger partial charge in [-0.25, -0.2) is 9.78 Å². The van der Waals surface area contributed by atoms with Crippen LogP contribution in [0.3, 0.4) is 0 Å². The third-order valence-electron chi connectivity index (χ3n) is 4.91. The van der Waals surface area contributed by atoms with E-state index in [1.165, 1.54) is 0 Å². The number of benzene rings is 2. The molecule has 1 heterocycles. The zero-order valence-corrected chi connectivity index (χ0v) is 17.2. The summed E-state index contributed by atoms with van der Waals surface area (Å²) in [6.45, 7) is 2.05. The molecule has 3 rings (SSSR count). The zero-order chi connectivity index (χ0) is 20.6. The standard InChI is InChI=1S/C22H28N4O3/c1-25(14-11-17-9-10-20(28-2)21(15-17)29-3)22(27)23-12-6-13-26-16-24-18-7-4-5-8-19(18)26/h4-5,7-10,15-16H,6,11-14H2,1-3H3,(H,23,27). The number of urea groups is 1. The monoisotopic (exact) mass is 396 g/mol. The van der Waals surface area contributed by atoms with E-state index in [1.54, 1.807) is 26.2 Å². The summed E-state index contributed by atoms with van der Waals surface area (Å²) in [5, 5.41) is 2.98. The maximum atomic E-state index is 12.3. The van der Waals surface area contributed by atoms with Crippen LogP contribution in [0.25, 0.3) is 11.0 Å². The Bertz CT molecular complexity index is 954. The summed E-state index contributed by atoms with van der Waals surface area (Å²) in [4.78, 5) is 18.4. The van der Waals surface area contributed by atoms with Gasteiger partial charge in [0.05, 0.1) is 31.6 Å². The highest BCUT2D eigenvalue weighted by Crippen LogP contribution is 2.27. The summed E-state index contributed by atoms with van der Waals surface area (Å²) >= 11 is 0. The van der Waals surface area contributed by atoms with Crippen LogP contribution in [0.2, 0.25) is 0 Å². The van der Waals surface area contributed by atoms with Gasteiger partial charge in [-0.2, -0.15) is 0 Å². The van der Waals surface area contributed by atoms with Crippen LogP contribution in [-0.4, -0.2) is 54.8 Å². The van der Waals surface area contributed by atoms with Crippen LogP contribution < -0.4 is 14.8 Å². The number of carbonyl (C=O) groups excluding carboxylic acids is 1. The number of aryl methyl sites for hydroxylation is 1. The van der Waals surface area contributed by atoms with Crippen molar-refractivity contribution >= 4 is 17.1 Å². The molecule has 0 radical (unpaired) electrons. The second kappa shape index (κ2) is 9.82. The summed E-state index contributed by atoms with van der Waals surface area (Å²) < 4.78 is 12.7. The van der Waals surface area contributed by atoms with Crippen LogP contribution in [0.1, 0.15) is 12.0 Å². The van der Waals surface area contributed by atoms with Crippen molar-refractivity contribution in [3.05, 3.63) is 54.4 Å². The van der Waals surface area contributed by atoms with E-state index in [4.69, 9.17) is 9.47 Å². The van der Waals surface area contributed by atoms with E-state index in [0.717, 1.165) is 36.0 Å². The maximum absolute atomic E-state index is 12.3. The topological polar surface area (TPSA) is 68.6 Å². The molecular weight excluding hydrogens is 368 g/mol. The van der Waals surface area contributed by atoms with Crippen LogP contribution in [0.15, 0.2) is 48.8 Å². The molecule has 0 bridgehead atoms. The first kappa shape index (κ1) is 20.5. The van der Waals surface area contributed by atoms with Gasteiger partial charge in [0.25, 0.3) is 0 Å². The lowest BCUT2D eigenvalue weighted by Gasteiger charge is -2.18. The number of likely N-dealkylation sites (N-methyl/N-ethyl adjacent to an activating group) is 1. The molecule has 29 heavy (non-hydrogen) atoms. The summed E-state index contributed by atoms with van der Waals surface area (Å²) in [5.41, 5.74) is 3.20. The molecule has 154 valence electrons. The van der Waals surface area contributed by atoms with Crippen molar-refractivity contribution in [2.24, 2.45) is 0 Å². The van der Waals surface area contributed by atoms with Crippen molar-refractivity contribution in [1.82, 2.24) is 19.8 Å². The molecule has 1 N–H and O–H groups in total. The predicted octanol–water partition coefficient (Wildman–Crippen LogP) is 3.33. The summed E-state index contributed by atoms with van der Waals surface area (Å²) in [6.07, 6.45) is 3.43. The van der Waals surface area contributed by atoms with E-state index >= 15 is 0 Å². The molecule has 0 unspecified atom stereocenters. The molecule has 0 fully saturated rings. The van der Waals surface area contributed by atoms with Crippen LogP contribution in [0, 0.1) is 0 Å². The Morgan fingerprint density at radius 2 is 1.93 bits per heavy atom. The minimum Gasteiger partial charge on any atom is -0.493 e. The molecular formula is C22H28N4O3. The highest BCUT2D eigenvalue weighted by atomic mass is 16.5. The number of hydrogen-bond acceptors (Lipinski definition) is 4. The van der Waals surface area contributed by atoms with Crippen molar-refractivity contribution < 1.29 is 14.3 Å². The Kier molecular flexibility index (Phi) is 6.94. The number of ether oxygens (including phenoxy) is 2. The van der Waals surface area contributed by atoms with E-state index in [9.17, 15) is 4.79 Å². The average Bonchev–Trinajstić information content (AvgIpc) is 3.17. The second-order valence-electron chi connectivity index (χ2n) is 6.87. The minimum absolute atomic E-state index is 0.0686. The normalized spacial score (nSPS) is 10.7. The lowest BCUT2D eigenvalue weighted by Crippen LogP contribution is -2.39. The highest BCUT2D eigenvalue weighted by Gasteiger charge is 2.10. The summed E-state index contributed by atoms with van der Waals surface area (Å²) in [6, 6.07) is 13.8. The fraction of sp³-hybridized carbons (Fsp3) is 0.364. The number of fused-ring (bicyclic) bond motifs is 1. The molecule has 0 saturated carbocycles. The summed E-state index contributed by atoms with van der Waals surface area (Å²) in [5.74, 6) is 1.40. The zero-order valence-electron chi connectivity index (χ0n) is 17.2. The van der Waals surface area contributed by atoms with E-state index in [1.807, 2.05) is 42.7 Å². The molecule has 1 aromatic heterocycles. The van der Waals surface area contributed by atoms with Gasteiger partial charge >= 0.3 is 6.03 Å². The number of imidazole rings is 1. The van der Waals surface area contributed by atoms with Crippen molar-refractivity contribution in [3.8, 4) is 11.5 Å². The number of para-hydroxylation sites is 2. The van der Waals surface area contributed by atoms with Gasteiger partial charge in [0.15, 0.2) is 11.5 Å². The Hall–Kier alpha value is -3.22. The van der Waals surface area contributed by atoms with E-state index < -0.39 is 0 Å². The van der Waals surface area contributed by atoms with Gasteiger partial charge in [-0.15, -0.1) is 0 Å². The van der Waals surface area contributed by atoms with Crippen LogP contribution >= 0.6 is 0 Å². The van der Waals surface area contributed by atoms with E-state index in [0.29, 0.717) is 24.6 Å². The van der Waals surface area contributed by atoms with Gasteiger partial charge in [0.2, 0.25) is 0 Å². The van der Waals surface area contributed by atoms with E-state index in [2.05, 4.69) is 20.9 Å². The molecule has 0 saturated heterocycles. The quantitative estimate of drug-likeness (QED) is 0.564. The maximum Gasteiger partial charge on any atom is 0.317 e. The highest BCUT2D eigenvalue weighted by molar-refractivity contribution is 5.75. The Labute approximate surface area is 171 Å². The molecule has 0 atom stereocenters. The second-order valence-corrected chi connectivity index (χ2v) is 6.87. The molecule has 2 amide bonds. The Balaban J connectivity index is 1.41. The first-order valence-electron chi connectivity index (χ1n) is 9.72. The molecule has 0 aliphatic carbocycles. The molecule has 7 nitrogen and oxygen atoms in total. The smallest absolute Gasteiger partial charge is 0.317 e. The van der Waals surface area contributed by atoms with Crippen molar-refractivity contribution in [1.29, 1.82) is 0 Å². The fourth-order valence-electron chi connectivity index (χ4n) is 3.20.